The van der Waals surface area contributed by atoms with E-state index in [9.17, 15) is 9.59 Å². The Hall–Kier alpha value is -3.28. The van der Waals surface area contributed by atoms with Crippen LogP contribution in [-0.4, -0.2) is 33.6 Å². The molecule has 0 saturated carbocycles. The van der Waals surface area contributed by atoms with E-state index in [1.807, 2.05) is 45.0 Å². The molecule has 27 heavy (non-hydrogen) atoms. The highest BCUT2D eigenvalue weighted by molar-refractivity contribution is 5.93. The molecule has 0 saturated heterocycles. The van der Waals surface area contributed by atoms with E-state index < -0.39 is 6.04 Å². The highest BCUT2D eigenvalue weighted by Crippen LogP contribution is 2.33. The molecule has 2 heterocycles. The van der Waals surface area contributed by atoms with E-state index in [-0.39, 0.29) is 17.4 Å². The van der Waals surface area contributed by atoms with E-state index in [0.29, 0.717) is 5.69 Å². The summed E-state index contributed by atoms with van der Waals surface area (Å²) in [6.45, 7) is 9.29. The number of benzene rings is 1. The van der Waals surface area contributed by atoms with E-state index in [1.54, 1.807) is 24.5 Å². The second-order valence-electron chi connectivity index (χ2n) is 7.34. The number of hydrazone groups is 1. The first-order chi connectivity index (χ1) is 12.8. The molecule has 1 aromatic carbocycles. The number of rotatable bonds is 3. The maximum absolute atomic E-state index is 12.3. The van der Waals surface area contributed by atoms with Crippen LogP contribution in [0.5, 0.6) is 0 Å². The highest BCUT2D eigenvalue weighted by Gasteiger charge is 2.30. The summed E-state index contributed by atoms with van der Waals surface area (Å²) >= 11 is 0. The van der Waals surface area contributed by atoms with Gasteiger partial charge in [-0.1, -0.05) is 36.9 Å². The summed E-state index contributed by atoms with van der Waals surface area (Å²) in [7, 11) is 0. The molecule has 0 bridgehead atoms. The van der Waals surface area contributed by atoms with Gasteiger partial charge in [0.25, 0.3) is 11.8 Å². The molecule has 1 aromatic heterocycles. The fraction of sp³-hybridized carbons (Fsp3) is 0.238. The number of pyridine rings is 1. The van der Waals surface area contributed by atoms with Crippen LogP contribution in [0.15, 0.2) is 60.4 Å². The first-order valence-corrected chi connectivity index (χ1v) is 8.67. The van der Waals surface area contributed by atoms with Gasteiger partial charge in [0.1, 0.15) is 11.7 Å². The largest absolute Gasteiger partial charge is 0.346 e. The number of nitrogens with one attached hydrogen (secondary N) is 1. The van der Waals surface area contributed by atoms with Crippen LogP contribution < -0.4 is 5.32 Å². The van der Waals surface area contributed by atoms with Gasteiger partial charge in [-0.15, -0.1) is 0 Å². The third-order valence-electron chi connectivity index (χ3n) is 4.08. The van der Waals surface area contributed by atoms with Crippen molar-refractivity contribution in [3.05, 3.63) is 77.6 Å². The van der Waals surface area contributed by atoms with Crippen LogP contribution in [0.2, 0.25) is 0 Å². The van der Waals surface area contributed by atoms with E-state index >= 15 is 0 Å². The maximum Gasteiger partial charge on any atom is 0.270 e. The van der Waals surface area contributed by atoms with Gasteiger partial charge in [-0.2, -0.15) is 5.10 Å². The first kappa shape index (κ1) is 18.5. The minimum absolute atomic E-state index is 0.241. The first-order valence-electron chi connectivity index (χ1n) is 8.67. The molecule has 1 aliphatic heterocycles. The number of carbonyl (C=O) groups is 2. The number of hydrogen-bond donors (Lipinski definition) is 1. The molecule has 2 aromatic rings. The van der Waals surface area contributed by atoms with Gasteiger partial charge in [0.05, 0.1) is 6.21 Å². The molecular weight excluding hydrogens is 340 g/mol. The lowest BCUT2D eigenvalue weighted by molar-refractivity contribution is -0.127. The Morgan fingerprint density at radius 2 is 1.93 bits per heavy atom. The topological polar surface area (TPSA) is 74.7 Å². The highest BCUT2D eigenvalue weighted by atomic mass is 16.2. The normalized spacial score (nSPS) is 15.8. The molecule has 138 valence electrons. The lowest BCUT2D eigenvalue weighted by atomic mass is 9.94. The van der Waals surface area contributed by atoms with Gasteiger partial charge in [-0.05, 0) is 44.0 Å². The quantitative estimate of drug-likeness (QED) is 0.853. The molecule has 0 radical (unpaired) electrons. The Morgan fingerprint density at radius 3 is 2.56 bits per heavy atom. The van der Waals surface area contributed by atoms with Crippen LogP contribution in [0.1, 0.15) is 54.0 Å². The second-order valence-corrected chi connectivity index (χ2v) is 7.34. The lowest BCUT2D eigenvalue weighted by Crippen LogP contribution is -2.41. The van der Waals surface area contributed by atoms with Crippen molar-refractivity contribution in [3.63, 3.8) is 0 Å². The van der Waals surface area contributed by atoms with Crippen molar-refractivity contribution < 1.29 is 9.59 Å². The average Bonchev–Trinajstić information content (AvgIpc) is 2.65. The standard InChI is InChI=1S/C21H22N4O2/c1-5-18(26)25-19(16-9-7-6-8-14(16)13-23-25)15-10-11-17(22-12-15)20(27)24-21(2,3)4/h5-13,19H,1H2,2-4H3,(H,24,27). The van der Waals surface area contributed by atoms with Crippen molar-refractivity contribution in [2.75, 3.05) is 0 Å². The number of hydrogen-bond acceptors (Lipinski definition) is 4. The molecule has 3 rings (SSSR count). The molecule has 1 unspecified atom stereocenters. The molecule has 0 aliphatic carbocycles. The van der Waals surface area contributed by atoms with Crippen LogP contribution >= 0.6 is 0 Å². The zero-order valence-corrected chi connectivity index (χ0v) is 15.6. The summed E-state index contributed by atoms with van der Waals surface area (Å²) in [6, 6.07) is 10.8. The summed E-state index contributed by atoms with van der Waals surface area (Å²) < 4.78 is 0. The number of amides is 2. The number of carbonyl (C=O) groups excluding carboxylic acids is 2. The summed E-state index contributed by atoms with van der Waals surface area (Å²) in [5, 5.41) is 8.55. The van der Waals surface area contributed by atoms with Crippen molar-refractivity contribution in [2.45, 2.75) is 32.4 Å². The van der Waals surface area contributed by atoms with Crippen LogP contribution in [0, 0.1) is 0 Å². The minimum Gasteiger partial charge on any atom is -0.346 e. The Labute approximate surface area is 158 Å². The summed E-state index contributed by atoms with van der Waals surface area (Å²) in [5.41, 5.74) is 2.62. The van der Waals surface area contributed by atoms with Crippen molar-refractivity contribution in [2.24, 2.45) is 5.10 Å². The third kappa shape index (κ3) is 3.95. The molecule has 0 spiro atoms. The average molecular weight is 362 g/mol. The van der Waals surface area contributed by atoms with Gasteiger partial charge in [-0.3, -0.25) is 14.6 Å². The molecule has 0 fully saturated rings. The maximum atomic E-state index is 12.3. The molecule has 6 heteroatoms. The monoisotopic (exact) mass is 362 g/mol. The van der Waals surface area contributed by atoms with Gasteiger partial charge >= 0.3 is 0 Å². The van der Waals surface area contributed by atoms with Crippen molar-refractivity contribution in [3.8, 4) is 0 Å². The molecule has 2 amide bonds. The molecule has 1 N–H and O–H groups in total. The molecule has 6 nitrogen and oxygen atoms in total. The smallest absolute Gasteiger partial charge is 0.270 e. The summed E-state index contributed by atoms with van der Waals surface area (Å²) in [6.07, 6.45) is 4.51. The van der Waals surface area contributed by atoms with Gasteiger partial charge < -0.3 is 5.32 Å². The zero-order valence-electron chi connectivity index (χ0n) is 15.6. The fourth-order valence-corrected chi connectivity index (χ4v) is 2.90. The van der Waals surface area contributed by atoms with Crippen LogP contribution in [0.25, 0.3) is 0 Å². The second kappa shape index (κ2) is 7.15. The van der Waals surface area contributed by atoms with Gasteiger partial charge in [0.15, 0.2) is 0 Å². The number of fused-ring (bicyclic) bond motifs is 1. The predicted octanol–water partition coefficient (Wildman–Crippen LogP) is 3.06. The molecular formula is C21H22N4O2. The van der Waals surface area contributed by atoms with E-state index in [4.69, 9.17) is 0 Å². The summed E-state index contributed by atoms with van der Waals surface area (Å²) in [4.78, 5) is 28.9. The van der Waals surface area contributed by atoms with Crippen molar-refractivity contribution >= 4 is 18.0 Å². The fourth-order valence-electron chi connectivity index (χ4n) is 2.90. The minimum atomic E-state index is -0.427. The van der Waals surface area contributed by atoms with E-state index in [2.05, 4.69) is 22.0 Å². The Morgan fingerprint density at radius 1 is 1.19 bits per heavy atom. The predicted molar refractivity (Wildman–Crippen MR) is 104 cm³/mol. The molecule has 1 aliphatic rings. The lowest BCUT2D eigenvalue weighted by Gasteiger charge is -2.31. The zero-order chi connectivity index (χ0) is 19.6. The third-order valence-corrected chi connectivity index (χ3v) is 4.08. The summed E-state index contributed by atoms with van der Waals surface area (Å²) in [5.74, 6) is -0.546. The van der Waals surface area contributed by atoms with E-state index in [0.717, 1.165) is 16.7 Å². The van der Waals surface area contributed by atoms with Crippen molar-refractivity contribution in [1.82, 2.24) is 15.3 Å². The Bertz CT molecular complexity index is 911. The number of aromatic nitrogens is 1. The SMILES string of the molecule is C=CC(=O)N1N=Cc2ccccc2C1c1ccc(C(=O)NC(C)(C)C)nc1. The van der Waals surface area contributed by atoms with Crippen LogP contribution in [0.4, 0.5) is 0 Å². The van der Waals surface area contributed by atoms with Gasteiger partial charge in [0.2, 0.25) is 0 Å². The van der Waals surface area contributed by atoms with Crippen molar-refractivity contribution in [1.29, 1.82) is 0 Å². The Balaban J connectivity index is 1.97. The van der Waals surface area contributed by atoms with Gasteiger partial charge in [0, 0.05) is 17.3 Å². The Kier molecular flexibility index (Phi) is 4.90. The molecule has 1 atom stereocenters. The number of nitrogens with zero attached hydrogens (tertiary/aromatic N) is 3. The van der Waals surface area contributed by atoms with Crippen LogP contribution in [-0.2, 0) is 4.79 Å². The van der Waals surface area contributed by atoms with Crippen LogP contribution in [0.3, 0.4) is 0 Å². The van der Waals surface area contributed by atoms with E-state index in [1.165, 1.54) is 11.1 Å². The van der Waals surface area contributed by atoms with Gasteiger partial charge in [-0.25, -0.2) is 5.01 Å².